The number of allylic oxidation sites excluding steroid dienone is 1. The number of esters is 1. The summed E-state index contributed by atoms with van der Waals surface area (Å²) in [6.07, 6.45) is 9.90. The smallest absolute Gasteiger partial charge is 0.313 e. The highest BCUT2D eigenvalue weighted by Crippen LogP contribution is 2.58. The van der Waals surface area contributed by atoms with Crippen molar-refractivity contribution in [2.75, 3.05) is 26.3 Å². The molecule has 8 nitrogen and oxygen atoms in total. The third-order valence-corrected chi connectivity index (χ3v) is 7.99. The molecule has 8 heteroatoms. The second kappa shape index (κ2) is 9.82. The van der Waals surface area contributed by atoms with Crippen LogP contribution in [0.1, 0.15) is 38.2 Å². The van der Waals surface area contributed by atoms with Crippen molar-refractivity contribution in [3.05, 3.63) is 60.2 Å². The number of carbonyl (C=O) groups is 3. The highest BCUT2D eigenvalue weighted by molar-refractivity contribution is 5.99. The topological polar surface area (TPSA) is 96.4 Å². The van der Waals surface area contributed by atoms with Gasteiger partial charge < -0.3 is 24.4 Å². The largest absolute Gasteiger partial charge is 0.465 e. The molecule has 2 saturated heterocycles. The van der Waals surface area contributed by atoms with Crippen LogP contribution in [0.25, 0.3) is 0 Å². The fraction of sp³-hybridized carbons (Fsp3) is 0.536. The molecule has 5 rings (SSSR count). The summed E-state index contributed by atoms with van der Waals surface area (Å²) in [5, 5.41) is 9.52. The summed E-state index contributed by atoms with van der Waals surface area (Å²) in [5.74, 6) is -2.70. The number of aliphatic hydroxyl groups excluding tert-OH is 1. The fourth-order valence-electron chi connectivity index (χ4n) is 6.35. The lowest BCUT2D eigenvalue weighted by molar-refractivity contribution is -0.161. The molecule has 1 aromatic carbocycles. The number of amides is 2. The summed E-state index contributed by atoms with van der Waals surface area (Å²) >= 11 is 0. The number of nitrogens with zero attached hydrogens (tertiary/aromatic N) is 2. The predicted molar refractivity (Wildman–Crippen MR) is 131 cm³/mol. The summed E-state index contributed by atoms with van der Waals surface area (Å²) < 4.78 is 12.5. The first-order valence-corrected chi connectivity index (χ1v) is 12.9. The molecule has 0 saturated carbocycles. The summed E-state index contributed by atoms with van der Waals surface area (Å²) in [7, 11) is 0. The van der Waals surface area contributed by atoms with Gasteiger partial charge in [-0.3, -0.25) is 14.4 Å². The molecular formula is C28H34N2O6. The molecule has 4 aliphatic rings. The lowest BCUT2D eigenvalue weighted by atomic mass is 9.73. The maximum absolute atomic E-state index is 14.2. The molecule has 4 aliphatic heterocycles. The highest BCUT2D eigenvalue weighted by atomic mass is 16.6. The van der Waals surface area contributed by atoms with E-state index in [-0.39, 0.29) is 31.6 Å². The van der Waals surface area contributed by atoms with Crippen molar-refractivity contribution in [3.63, 3.8) is 0 Å². The van der Waals surface area contributed by atoms with E-state index in [0.29, 0.717) is 32.4 Å². The average Bonchev–Trinajstić information content (AvgIpc) is 3.26. The molecule has 0 radical (unpaired) electrons. The summed E-state index contributed by atoms with van der Waals surface area (Å²) in [5.41, 5.74) is -1.35. The minimum absolute atomic E-state index is 0.111. The second-order valence-electron chi connectivity index (χ2n) is 10.0. The van der Waals surface area contributed by atoms with Crippen LogP contribution in [0.3, 0.4) is 0 Å². The van der Waals surface area contributed by atoms with E-state index in [2.05, 4.69) is 0 Å². The molecule has 0 bridgehead atoms. The summed E-state index contributed by atoms with van der Waals surface area (Å²) in [4.78, 5) is 44.9. The van der Waals surface area contributed by atoms with Crippen LogP contribution in [-0.2, 0) is 30.4 Å². The van der Waals surface area contributed by atoms with Gasteiger partial charge in [-0.25, -0.2) is 0 Å². The summed E-state index contributed by atoms with van der Waals surface area (Å²) in [6, 6.07) is 8.79. The number of fused-ring (bicyclic) bond motifs is 2. The lowest BCUT2D eigenvalue weighted by Gasteiger charge is -2.38. The molecular weight excluding hydrogens is 460 g/mol. The maximum atomic E-state index is 14.2. The van der Waals surface area contributed by atoms with Crippen LogP contribution in [0.4, 0.5) is 0 Å². The Morgan fingerprint density at radius 1 is 1.06 bits per heavy atom. The predicted octanol–water partition coefficient (Wildman–Crippen LogP) is 2.22. The third kappa shape index (κ3) is 3.87. The normalized spacial score (nSPS) is 34.7. The Hall–Kier alpha value is -2.97. The number of likely N-dealkylation sites (tertiary alicyclic amines) is 1. The van der Waals surface area contributed by atoms with Crippen molar-refractivity contribution in [2.24, 2.45) is 11.8 Å². The first-order valence-electron chi connectivity index (χ1n) is 12.9. The molecule has 36 heavy (non-hydrogen) atoms. The zero-order valence-corrected chi connectivity index (χ0v) is 20.7. The Morgan fingerprint density at radius 2 is 1.86 bits per heavy atom. The van der Waals surface area contributed by atoms with Crippen molar-refractivity contribution in [1.29, 1.82) is 0 Å². The number of hydrogen-bond acceptors (Lipinski definition) is 6. The Labute approximate surface area is 211 Å². The third-order valence-electron chi connectivity index (χ3n) is 7.99. The van der Waals surface area contributed by atoms with Crippen LogP contribution in [0.5, 0.6) is 0 Å². The molecule has 0 aliphatic carbocycles. The molecule has 4 heterocycles. The van der Waals surface area contributed by atoms with E-state index in [0.717, 1.165) is 12.0 Å². The maximum Gasteiger partial charge on any atom is 0.313 e. The number of ether oxygens (including phenoxy) is 2. The van der Waals surface area contributed by atoms with Gasteiger partial charge in [-0.05, 0) is 31.2 Å². The van der Waals surface area contributed by atoms with Gasteiger partial charge in [-0.1, -0.05) is 61.6 Å². The molecule has 1 spiro atoms. The van der Waals surface area contributed by atoms with Gasteiger partial charge in [0, 0.05) is 26.2 Å². The van der Waals surface area contributed by atoms with E-state index in [1.807, 2.05) is 61.6 Å². The molecule has 1 unspecified atom stereocenters. The van der Waals surface area contributed by atoms with E-state index >= 15 is 0 Å². The highest BCUT2D eigenvalue weighted by Gasteiger charge is 2.75. The van der Waals surface area contributed by atoms with Gasteiger partial charge >= 0.3 is 5.97 Å². The van der Waals surface area contributed by atoms with Crippen molar-refractivity contribution in [3.8, 4) is 0 Å². The molecule has 0 aromatic heterocycles. The molecule has 2 amide bonds. The number of cyclic esters (lactones) is 1. The first kappa shape index (κ1) is 24.7. The van der Waals surface area contributed by atoms with Crippen molar-refractivity contribution >= 4 is 17.8 Å². The number of rotatable bonds is 6. The number of hydrogen-bond donors (Lipinski definition) is 1. The van der Waals surface area contributed by atoms with Gasteiger partial charge in [-0.15, -0.1) is 0 Å². The monoisotopic (exact) mass is 494 g/mol. The Bertz CT molecular complexity index is 1070. The Morgan fingerprint density at radius 3 is 2.61 bits per heavy atom. The van der Waals surface area contributed by atoms with Crippen molar-refractivity contribution < 1.29 is 29.0 Å². The van der Waals surface area contributed by atoms with E-state index in [9.17, 15) is 19.5 Å². The van der Waals surface area contributed by atoms with E-state index < -0.39 is 35.0 Å². The fourth-order valence-corrected chi connectivity index (χ4v) is 6.35. The van der Waals surface area contributed by atoms with Crippen LogP contribution in [-0.4, -0.2) is 76.2 Å². The molecule has 1 aromatic rings. The minimum Gasteiger partial charge on any atom is -0.465 e. The Balaban J connectivity index is 1.60. The van der Waals surface area contributed by atoms with Crippen LogP contribution >= 0.6 is 0 Å². The van der Waals surface area contributed by atoms with Gasteiger partial charge in [0.15, 0.2) is 0 Å². The SMILES string of the molecule is CC[C@]12/C=C\CCCOC(=O)[C@H]1[C@H]1C(=O)N(CCCO)C3C(=O)N(Cc4ccccc4)CC=C[C@@]31O2. The quantitative estimate of drug-likeness (QED) is 0.481. The zero-order chi connectivity index (χ0) is 25.3. The first-order chi connectivity index (χ1) is 17.5. The van der Waals surface area contributed by atoms with Crippen molar-refractivity contribution in [1.82, 2.24) is 9.80 Å². The lowest BCUT2D eigenvalue weighted by Crippen LogP contribution is -2.56. The van der Waals surface area contributed by atoms with Gasteiger partial charge in [0.2, 0.25) is 11.8 Å². The van der Waals surface area contributed by atoms with Gasteiger partial charge in [0.1, 0.15) is 23.2 Å². The number of carbonyl (C=O) groups excluding carboxylic acids is 3. The minimum atomic E-state index is -1.29. The van der Waals surface area contributed by atoms with E-state index in [1.165, 1.54) is 4.90 Å². The molecule has 1 N–H and O–H groups in total. The van der Waals surface area contributed by atoms with E-state index in [4.69, 9.17) is 9.47 Å². The molecule has 192 valence electrons. The second-order valence-corrected chi connectivity index (χ2v) is 10.0. The van der Waals surface area contributed by atoms with Crippen LogP contribution in [0, 0.1) is 11.8 Å². The standard InChI is InChI=1S/C28H34N2O6/c1-2-27-13-7-4-8-18-35-26(34)22(27)21-24(32)30(16-10-17-31)23-25(33)29(15-9-14-28(21,23)36-27)19-20-11-5-3-6-12-20/h3,5-7,9,11-14,21-23,31H,2,4,8,10,15-19H2,1H3/b13-7-/t21-,22+,23?,27-,28-/m0/s1. The number of benzene rings is 1. The van der Waals surface area contributed by atoms with Crippen molar-refractivity contribution in [2.45, 2.75) is 56.4 Å². The number of aliphatic hydroxyl groups is 1. The van der Waals surface area contributed by atoms with Crippen LogP contribution in [0.2, 0.25) is 0 Å². The van der Waals surface area contributed by atoms with Crippen LogP contribution < -0.4 is 0 Å². The van der Waals surface area contributed by atoms with E-state index in [1.54, 1.807) is 4.90 Å². The Kier molecular flexibility index (Phi) is 6.74. The molecule has 5 atom stereocenters. The summed E-state index contributed by atoms with van der Waals surface area (Å²) in [6.45, 7) is 3.08. The average molecular weight is 495 g/mol. The van der Waals surface area contributed by atoms with Gasteiger partial charge in [0.25, 0.3) is 0 Å². The van der Waals surface area contributed by atoms with Crippen LogP contribution in [0.15, 0.2) is 54.6 Å². The molecule has 2 fully saturated rings. The zero-order valence-electron chi connectivity index (χ0n) is 20.7. The van der Waals surface area contributed by atoms with Gasteiger partial charge in [0.05, 0.1) is 12.5 Å². The van der Waals surface area contributed by atoms with Gasteiger partial charge in [-0.2, -0.15) is 0 Å².